The second kappa shape index (κ2) is 2.94. The van der Waals surface area contributed by atoms with Crippen molar-refractivity contribution >= 4 is 17.0 Å². The Morgan fingerprint density at radius 1 is 1.36 bits per heavy atom. The van der Waals surface area contributed by atoms with Gasteiger partial charge in [0.15, 0.2) is 5.82 Å². The SMILES string of the molecule is C=Cc1[nH]c2ccc(F)c(C)c2c1F. The lowest BCUT2D eigenvalue weighted by Gasteiger charge is -1.97. The minimum Gasteiger partial charge on any atom is -0.353 e. The summed E-state index contributed by atoms with van der Waals surface area (Å²) in [6, 6.07) is 2.84. The van der Waals surface area contributed by atoms with E-state index in [4.69, 9.17) is 0 Å². The van der Waals surface area contributed by atoms with Gasteiger partial charge in [-0.2, -0.15) is 0 Å². The highest BCUT2D eigenvalue weighted by molar-refractivity contribution is 5.86. The van der Waals surface area contributed by atoms with Gasteiger partial charge in [0.2, 0.25) is 0 Å². The maximum atomic E-state index is 13.6. The molecule has 72 valence electrons. The summed E-state index contributed by atoms with van der Waals surface area (Å²) >= 11 is 0. The predicted octanol–water partition coefficient (Wildman–Crippen LogP) is 3.40. The van der Waals surface area contributed by atoms with E-state index in [0.29, 0.717) is 22.2 Å². The Balaban J connectivity index is 2.93. The number of hydrogen-bond acceptors (Lipinski definition) is 0. The van der Waals surface area contributed by atoms with Crippen molar-refractivity contribution in [3.05, 3.63) is 41.6 Å². The number of aryl methyl sites for hydroxylation is 1. The molecule has 2 rings (SSSR count). The van der Waals surface area contributed by atoms with Crippen LogP contribution in [0.4, 0.5) is 8.78 Å². The van der Waals surface area contributed by atoms with Gasteiger partial charge in [-0.15, -0.1) is 0 Å². The smallest absolute Gasteiger partial charge is 0.156 e. The fraction of sp³-hybridized carbons (Fsp3) is 0.0909. The van der Waals surface area contributed by atoms with E-state index in [0.717, 1.165) is 0 Å². The molecule has 14 heavy (non-hydrogen) atoms. The van der Waals surface area contributed by atoms with Gasteiger partial charge >= 0.3 is 0 Å². The first-order valence-corrected chi connectivity index (χ1v) is 4.24. The van der Waals surface area contributed by atoms with Gasteiger partial charge in [0.05, 0.1) is 5.69 Å². The molecule has 2 aromatic rings. The maximum Gasteiger partial charge on any atom is 0.156 e. The molecule has 0 saturated heterocycles. The van der Waals surface area contributed by atoms with Crippen molar-refractivity contribution < 1.29 is 8.78 Å². The van der Waals surface area contributed by atoms with E-state index in [1.807, 2.05) is 0 Å². The molecule has 1 aromatic carbocycles. The zero-order valence-corrected chi connectivity index (χ0v) is 7.70. The average molecular weight is 193 g/mol. The predicted molar refractivity (Wildman–Crippen MR) is 53.0 cm³/mol. The third-order valence-corrected chi connectivity index (χ3v) is 2.33. The Labute approximate surface area is 80.1 Å². The van der Waals surface area contributed by atoms with Gasteiger partial charge in [-0.1, -0.05) is 6.58 Å². The van der Waals surface area contributed by atoms with Crippen molar-refractivity contribution in [2.45, 2.75) is 6.92 Å². The van der Waals surface area contributed by atoms with E-state index in [-0.39, 0.29) is 0 Å². The topological polar surface area (TPSA) is 15.8 Å². The van der Waals surface area contributed by atoms with Crippen molar-refractivity contribution in [3.8, 4) is 0 Å². The largest absolute Gasteiger partial charge is 0.353 e. The molecule has 1 heterocycles. The molecule has 0 fully saturated rings. The summed E-state index contributed by atoms with van der Waals surface area (Å²) in [4.78, 5) is 2.82. The van der Waals surface area contributed by atoms with Gasteiger partial charge in [0, 0.05) is 10.9 Å². The first-order chi connectivity index (χ1) is 6.65. The van der Waals surface area contributed by atoms with Crippen LogP contribution in [0.1, 0.15) is 11.3 Å². The average Bonchev–Trinajstić information content (AvgIpc) is 2.50. The minimum absolute atomic E-state index is 0.300. The normalized spacial score (nSPS) is 10.8. The van der Waals surface area contributed by atoms with Crippen LogP contribution in [-0.2, 0) is 0 Å². The zero-order chi connectivity index (χ0) is 10.3. The number of H-pyrrole nitrogens is 1. The number of hydrogen-bond donors (Lipinski definition) is 1. The van der Waals surface area contributed by atoms with E-state index >= 15 is 0 Å². The van der Waals surface area contributed by atoms with Crippen LogP contribution < -0.4 is 0 Å². The number of aromatic nitrogens is 1. The zero-order valence-electron chi connectivity index (χ0n) is 7.70. The van der Waals surface area contributed by atoms with Crippen molar-refractivity contribution in [3.63, 3.8) is 0 Å². The highest BCUT2D eigenvalue weighted by Crippen LogP contribution is 2.26. The van der Waals surface area contributed by atoms with Crippen LogP contribution in [0.3, 0.4) is 0 Å². The molecular weight excluding hydrogens is 184 g/mol. The molecule has 0 amide bonds. The number of halogens is 2. The molecule has 0 atom stereocenters. The van der Waals surface area contributed by atoms with E-state index < -0.39 is 11.6 Å². The highest BCUT2D eigenvalue weighted by Gasteiger charge is 2.13. The molecular formula is C11H9F2N. The molecule has 0 aliphatic heterocycles. The quantitative estimate of drug-likeness (QED) is 0.714. The number of aromatic amines is 1. The molecule has 0 unspecified atom stereocenters. The molecule has 0 aliphatic carbocycles. The number of rotatable bonds is 1. The standard InChI is InChI=1S/C11H9F2N/c1-3-8-11(13)10-6(2)7(12)4-5-9(10)14-8/h3-5,14H,1H2,2H3. The lowest BCUT2D eigenvalue weighted by molar-refractivity contribution is 0.614. The van der Waals surface area contributed by atoms with Crippen LogP contribution in [0, 0.1) is 18.6 Å². The fourth-order valence-corrected chi connectivity index (χ4v) is 1.55. The summed E-state index contributed by atoms with van der Waals surface area (Å²) in [5, 5.41) is 0.305. The number of benzene rings is 1. The van der Waals surface area contributed by atoms with Gasteiger partial charge < -0.3 is 4.98 Å². The van der Waals surface area contributed by atoms with Gasteiger partial charge in [-0.05, 0) is 30.7 Å². The summed E-state index contributed by atoms with van der Waals surface area (Å²) in [5.74, 6) is -0.835. The molecule has 0 bridgehead atoms. The summed E-state index contributed by atoms with van der Waals surface area (Å²) in [6.45, 7) is 5.03. The van der Waals surface area contributed by atoms with Crippen LogP contribution in [0.25, 0.3) is 17.0 Å². The van der Waals surface area contributed by atoms with Gasteiger partial charge in [0.1, 0.15) is 5.82 Å². The van der Waals surface area contributed by atoms with Crippen LogP contribution in [-0.4, -0.2) is 4.98 Å². The Kier molecular flexibility index (Phi) is 1.88. The van der Waals surface area contributed by atoms with E-state index in [9.17, 15) is 8.78 Å². The third kappa shape index (κ3) is 1.05. The molecule has 3 heteroatoms. The molecule has 0 saturated carbocycles. The number of fused-ring (bicyclic) bond motifs is 1. The van der Waals surface area contributed by atoms with Crippen LogP contribution in [0.2, 0.25) is 0 Å². The first-order valence-electron chi connectivity index (χ1n) is 4.24. The van der Waals surface area contributed by atoms with Crippen LogP contribution in [0.15, 0.2) is 18.7 Å². The Bertz CT molecular complexity index is 511. The molecule has 1 aromatic heterocycles. The van der Waals surface area contributed by atoms with Crippen molar-refractivity contribution in [2.75, 3.05) is 0 Å². The van der Waals surface area contributed by atoms with Gasteiger partial charge in [0.25, 0.3) is 0 Å². The summed E-state index contributed by atoms with van der Waals surface area (Å²) < 4.78 is 26.7. The Morgan fingerprint density at radius 3 is 2.71 bits per heavy atom. The molecule has 1 nitrogen and oxygen atoms in total. The second-order valence-electron chi connectivity index (χ2n) is 3.15. The van der Waals surface area contributed by atoms with Crippen molar-refractivity contribution in [1.29, 1.82) is 0 Å². The number of nitrogens with one attached hydrogen (secondary N) is 1. The van der Waals surface area contributed by atoms with Crippen LogP contribution in [0.5, 0.6) is 0 Å². The Hall–Kier alpha value is -1.64. The van der Waals surface area contributed by atoms with E-state index in [1.54, 1.807) is 6.92 Å². The van der Waals surface area contributed by atoms with Gasteiger partial charge in [-0.3, -0.25) is 0 Å². The lowest BCUT2D eigenvalue weighted by Crippen LogP contribution is -1.83. The first kappa shape index (κ1) is 8.94. The molecule has 1 N–H and O–H groups in total. The maximum absolute atomic E-state index is 13.6. The Morgan fingerprint density at radius 2 is 2.07 bits per heavy atom. The minimum atomic E-state index is -0.438. The molecule has 0 radical (unpaired) electrons. The molecule has 0 aliphatic rings. The van der Waals surface area contributed by atoms with Crippen LogP contribution >= 0.6 is 0 Å². The monoisotopic (exact) mass is 193 g/mol. The van der Waals surface area contributed by atoms with Crippen molar-refractivity contribution in [1.82, 2.24) is 4.98 Å². The second-order valence-corrected chi connectivity index (χ2v) is 3.15. The lowest BCUT2D eigenvalue weighted by atomic mass is 10.1. The highest BCUT2D eigenvalue weighted by atomic mass is 19.1. The van der Waals surface area contributed by atoms with Crippen molar-refractivity contribution in [2.24, 2.45) is 0 Å². The molecule has 0 spiro atoms. The summed E-state index contributed by atoms with van der Waals surface area (Å²) in [7, 11) is 0. The van der Waals surface area contributed by atoms with E-state index in [2.05, 4.69) is 11.6 Å². The van der Waals surface area contributed by atoms with Gasteiger partial charge in [-0.25, -0.2) is 8.78 Å². The fourth-order valence-electron chi connectivity index (χ4n) is 1.55. The third-order valence-electron chi connectivity index (χ3n) is 2.33. The van der Waals surface area contributed by atoms with E-state index in [1.165, 1.54) is 18.2 Å². The summed E-state index contributed by atoms with van der Waals surface area (Å²) in [5.41, 5.74) is 1.22. The summed E-state index contributed by atoms with van der Waals surface area (Å²) in [6.07, 6.45) is 1.38.